The van der Waals surface area contributed by atoms with Gasteiger partial charge >= 0.3 is 0 Å². The van der Waals surface area contributed by atoms with Gasteiger partial charge in [0.25, 0.3) is 0 Å². The maximum absolute atomic E-state index is 5.99. The van der Waals surface area contributed by atoms with Gasteiger partial charge in [-0.05, 0) is 42.7 Å². The van der Waals surface area contributed by atoms with Gasteiger partial charge in [-0.15, -0.1) is 0 Å². The fraction of sp³-hybridized carbons (Fsp3) is 0.238. The second-order valence-corrected chi connectivity index (χ2v) is 6.43. The first kappa shape index (κ1) is 15.0. The van der Waals surface area contributed by atoms with Crippen LogP contribution in [0.25, 0.3) is 16.5 Å². The molecule has 3 heteroatoms. The van der Waals surface area contributed by atoms with Crippen LogP contribution in [0, 0.1) is 0 Å². The lowest BCUT2D eigenvalue weighted by atomic mass is 9.96. The molecule has 0 fully saturated rings. The molecule has 3 aromatic rings. The molecule has 1 aromatic heterocycles. The summed E-state index contributed by atoms with van der Waals surface area (Å²) in [6.07, 6.45) is 5.47. The molecule has 3 nitrogen and oxygen atoms in total. The number of nitrogens with one attached hydrogen (secondary N) is 2. The van der Waals surface area contributed by atoms with Gasteiger partial charge in [0, 0.05) is 35.2 Å². The molecular formula is C21H22N2O. The van der Waals surface area contributed by atoms with Gasteiger partial charge in [0.15, 0.2) is 0 Å². The quantitative estimate of drug-likeness (QED) is 0.742. The lowest BCUT2D eigenvalue weighted by Gasteiger charge is -2.20. The fourth-order valence-corrected chi connectivity index (χ4v) is 3.28. The van der Waals surface area contributed by atoms with Gasteiger partial charge in [-0.1, -0.05) is 36.4 Å². The van der Waals surface area contributed by atoms with Crippen molar-refractivity contribution in [3.8, 4) is 5.75 Å². The SMILES string of the molecule is CC1CC(c2c[nH]c3ccc(OCc4ccccc4)cc23)=CCN1. The van der Waals surface area contributed by atoms with Crippen molar-refractivity contribution in [3.63, 3.8) is 0 Å². The van der Waals surface area contributed by atoms with Crippen molar-refractivity contribution in [2.45, 2.75) is 26.0 Å². The van der Waals surface area contributed by atoms with Crippen LogP contribution in [0.1, 0.15) is 24.5 Å². The Kier molecular flexibility index (Phi) is 4.09. The summed E-state index contributed by atoms with van der Waals surface area (Å²) in [6, 6.07) is 17.1. The molecule has 1 aliphatic rings. The standard InChI is InChI=1S/C21H22N2O/c1-15-11-17(9-10-22-15)20-13-23-21-8-7-18(12-19(20)21)24-14-16-5-3-2-4-6-16/h2-9,12-13,15,22-23H,10-11,14H2,1H3. The van der Waals surface area contributed by atoms with E-state index in [1.807, 2.05) is 24.3 Å². The molecule has 1 unspecified atom stereocenters. The van der Waals surface area contributed by atoms with Crippen LogP contribution in [0.4, 0.5) is 0 Å². The Bertz CT molecular complexity index is 864. The van der Waals surface area contributed by atoms with E-state index in [1.54, 1.807) is 0 Å². The van der Waals surface area contributed by atoms with Crippen molar-refractivity contribution in [1.29, 1.82) is 0 Å². The lowest BCUT2D eigenvalue weighted by Crippen LogP contribution is -2.29. The predicted octanol–water partition coefficient (Wildman–Crippen LogP) is 4.51. The highest BCUT2D eigenvalue weighted by Gasteiger charge is 2.15. The number of aromatic nitrogens is 1. The molecule has 2 heterocycles. The summed E-state index contributed by atoms with van der Waals surface area (Å²) >= 11 is 0. The molecule has 0 saturated carbocycles. The molecular weight excluding hydrogens is 296 g/mol. The molecule has 1 atom stereocenters. The third-order valence-electron chi connectivity index (χ3n) is 4.59. The van der Waals surface area contributed by atoms with Crippen molar-refractivity contribution >= 4 is 16.5 Å². The van der Waals surface area contributed by atoms with Crippen molar-refractivity contribution in [2.24, 2.45) is 0 Å². The van der Waals surface area contributed by atoms with E-state index in [4.69, 9.17) is 4.74 Å². The Labute approximate surface area is 142 Å². The zero-order valence-electron chi connectivity index (χ0n) is 13.9. The molecule has 2 N–H and O–H groups in total. The average Bonchev–Trinajstić information content (AvgIpc) is 3.04. The number of hydrogen-bond donors (Lipinski definition) is 2. The second-order valence-electron chi connectivity index (χ2n) is 6.43. The van der Waals surface area contributed by atoms with Crippen LogP contribution in [0.15, 0.2) is 60.8 Å². The van der Waals surface area contributed by atoms with E-state index >= 15 is 0 Å². The largest absolute Gasteiger partial charge is 0.489 e. The Hall–Kier alpha value is -2.52. The molecule has 0 amide bonds. The van der Waals surface area contributed by atoms with Crippen molar-refractivity contribution < 1.29 is 4.74 Å². The van der Waals surface area contributed by atoms with Gasteiger partial charge in [-0.3, -0.25) is 0 Å². The fourth-order valence-electron chi connectivity index (χ4n) is 3.28. The zero-order valence-corrected chi connectivity index (χ0v) is 13.9. The summed E-state index contributed by atoms with van der Waals surface area (Å²) in [4.78, 5) is 3.38. The Morgan fingerprint density at radius 2 is 2.00 bits per heavy atom. The minimum atomic E-state index is 0.521. The van der Waals surface area contributed by atoms with Gasteiger partial charge in [0.1, 0.15) is 12.4 Å². The van der Waals surface area contributed by atoms with E-state index < -0.39 is 0 Å². The first-order valence-electron chi connectivity index (χ1n) is 8.50. The van der Waals surface area contributed by atoms with E-state index in [2.05, 4.69) is 53.8 Å². The van der Waals surface area contributed by atoms with Gasteiger partial charge in [-0.25, -0.2) is 0 Å². The normalized spacial score (nSPS) is 17.7. The maximum atomic E-state index is 5.99. The minimum absolute atomic E-state index is 0.521. The number of ether oxygens (including phenoxy) is 1. The third-order valence-corrected chi connectivity index (χ3v) is 4.59. The molecule has 0 bridgehead atoms. The lowest BCUT2D eigenvalue weighted by molar-refractivity contribution is 0.306. The summed E-state index contributed by atoms with van der Waals surface area (Å²) in [5.41, 5.74) is 5.04. The first-order valence-corrected chi connectivity index (χ1v) is 8.50. The van der Waals surface area contributed by atoms with Crippen molar-refractivity contribution in [2.75, 3.05) is 6.54 Å². The third kappa shape index (κ3) is 3.08. The Morgan fingerprint density at radius 3 is 2.83 bits per heavy atom. The summed E-state index contributed by atoms with van der Waals surface area (Å²) in [6.45, 7) is 3.76. The minimum Gasteiger partial charge on any atom is -0.489 e. The molecule has 2 aromatic carbocycles. The van der Waals surface area contributed by atoms with Crippen molar-refractivity contribution in [3.05, 3.63) is 71.9 Å². The number of aromatic amines is 1. The molecule has 122 valence electrons. The van der Waals surface area contributed by atoms with E-state index in [-0.39, 0.29) is 0 Å². The summed E-state index contributed by atoms with van der Waals surface area (Å²) in [7, 11) is 0. The van der Waals surface area contributed by atoms with E-state index in [0.29, 0.717) is 12.6 Å². The summed E-state index contributed by atoms with van der Waals surface area (Å²) in [5.74, 6) is 0.912. The number of H-pyrrole nitrogens is 1. The maximum Gasteiger partial charge on any atom is 0.120 e. The number of fused-ring (bicyclic) bond motifs is 1. The second kappa shape index (κ2) is 6.54. The molecule has 4 rings (SSSR count). The molecule has 0 spiro atoms. The predicted molar refractivity (Wildman–Crippen MR) is 99.1 cm³/mol. The highest BCUT2D eigenvalue weighted by molar-refractivity contribution is 5.93. The topological polar surface area (TPSA) is 37.0 Å². The van der Waals surface area contributed by atoms with Gasteiger partial charge < -0.3 is 15.0 Å². The van der Waals surface area contributed by atoms with Crippen molar-refractivity contribution in [1.82, 2.24) is 10.3 Å². The van der Waals surface area contributed by atoms with Crippen LogP contribution >= 0.6 is 0 Å². The Morgan fingerprint density at radius 1 is 1.12 bits per heavy atom. The monoisotopic (exact) mass is 318 g/mol. The van der Waals surface area contributed by atoms with E-state index in [1.165, 1.54) is 22.1 Å². The van der Waals surface area contributed by atoms with E-state index in [0.717, 1.165) is 24.2 Å². The number of hydrogen-bond acceptors (Lipinski definition) is 2. The highest BCUT2D eigenvalue weighted by Crippen LogP contribution is 2.31. The smallest absolute Gasteiger partial charge is 0.120 e. The molecule has 0 aliphatic carbocycles. The van der Waals surface area contributed by atoms with Crippen LogP contribution in [0.3, 0.4) is 0 Å². The van der Waals surface area contributed by atoms with Crippen LogP contribution < -0.4 is 10.1 Å². The number of benzene rings is 2. The molecule has 24 heavy (non-hydrogen) atoms. The van der Waals surface area contributed by atoms with Crippen LogP contribution in [0.2, 0.25) is 0 Å². The average molecular weight is 318 g/mol. The first-order chi connectivity index (χ1) is 11.8. The Balaban J connectivity index is 1.60. The van der Waals surface area contributed by atoms with Crippen LogP contribution in [-0.4, -0.2) is 17.6 Å². The van der Waals surface area contributed by atoms with E-state index in [9.17, 15) is 0 Å². The van der Waals surface area contributed by atoms with Crippen LogP contribution in [0.5, 0.6) is 5.75 Å². The molecule has 1 aliphatic heterocycles. The van der Waals surface area contributed by atoms with Gasteiger partial charge in [-0.2, -0.15) is 0 Å². The highest BCUT2D eigenvalue weighted by atomic mass is 16.5. The zero-order chi connectivity index (χ0) is 16.4. The van der Waals surface area contributed by atoms with Crippen LogP contribution in [-0.2, 0) is 6.61 Å². The molecule has 0 radical (unpaired) electrons. The molecule has 0 saturated heterocycles. The number of rotatable bonds is 4. The van der Waals surface area contributed by atoms with Gasteiger partial charge in [0.05, 0.1) is 0 Å². The summed E-state index contributed by atoms with van der Waals surface area (Å²) in [5, 5.41) is 4.70. The summed E-state index contributed by atoms with van der Waals surface area (Å²) < 4.78 is 5.99. The van der Waals surface area contributed by atoms with Gasteiger partial charge in [0.2, 0.25) is 0 Å².